The van der Waals surface area contributed by atoms with E-state index in [1.807, 2.05) is 17.5 Å². The van der Waals surface area contributed by atoms with Crippen molar-refractivity contribution >= 4 is 33.2 Å². The minimum atomic E-state index is 0.233. The van der Waals surface area contributed by atoms with Gasteiger partial charge in [-0.3, -0.25) is 5.10 Å². The van der Waals surface area contributed by atoms with Crippen molar-refractivity contribution in [1.29, 1.82) is 0 Å². The lowest BCUT2D eigenvalue weighted by Gasteiger charge is -2.02. The van der Waals surface area contributed by atoms with Crippen LogP contribution in [0.3, 0.4) is 0 Å². The molecule has 0 saturated heterocycles. The third-order valence-electron chi connectivity index (χ3n) is 4.18. The van der Waals surface area contributed by atoms with Crippen molar-refractivity contribution in [3.05, 3.63) is 59.4 Å². The lowest BCUT2D eigenvalue weighted by Crippen LogP contribution is -1.79. The van der Waals surface area contributed by atoms with Crippen molar-refractivity contribution in [2.75, 3.05) is 0 Å². The third kappa shape index (κ3) is 1.95. The summed E-state index contributed by atoms with van der Waals surface area (Å²) >= 11 is 1.64. The van der Waals surface area contributed by atoms with Gasteiger partial charge in [0.2, 0.25) is 0 Å². The standard InChI is InChI=1S/C19H12N2O2S/c22-14-2-4-17-15(8-14)18(12-5-6-24-10-12)19(23-17)11-1-3-16-13(7-11)9-20-21-16/h1-10,22H,(H,20,21). The summed E-state index contributed by atoms with van der Waals surface area (Å²) in [6, 6.07) is 13.4. The molecule has 0 atom stereocenters. The Morgan fingerprint density at radius 3 is 2.88 bits per heavy atom. The van der Waals surface area contributed by atoms with Crippen LogP contribution in [0, 0.1) is 0 Å². The first kappa shape index (κ1) is 13.4. The maximum Gasteiger partial charge on any atom is 0.143 e. The van der Waals surface area contributed by atoms with Crippen LogP contribution < -0.4 is 0 Å². The molecule has 0 amide bonds. The molecule has 3 heterocycles. The number of phenols is 1. The lowest BCUT2D eigenvalue weighted by atomic mass is 10.00. The molecule has 0 spiro atoms. The van der Waals surface area contributed by atoms with Crippen LogP contribution in [0.25, 0.3) is 44.3 Å². The van der Waals surface area contributed by atoms with Crippen LogP contribution in [0.15, 0.2) is 63.8 Å². The normalized spacial score (nSPS) is 11.5. The maximum atomic E-state index is 9.89. The van der Waals surface area contributed by atoms with Crippen LogP contribution in [0.2, 0.25) is 0 Å². The van der Waals surface area contributed by atoms with Crippen molar-refractivity contribution in [3.63, 3.8) is 0 Å². The average Bonchev–Trinajstić information content (AvgIpc) is 3.32. The number of fused-ring (bicyclic) bond motifs is 2. The van der Waals surface area contributed by atoms with Gasteiger partial charge in [-0.2, -0.15) is 16.4 Å². The molecule has 5 rings (SSSR count). The van der Waals surface area contributed by atoms with Crippen molar-refractivity contribution in [3.8, 4) is 28.2 Å². The number of thiophene rings is 1. The number of aromatic nitrogens is 2. The van der Waals surface area contributed by atoms with E-state index in [1.54, 1.807) is 35.7 Å². The van der Waals surface area contributed by atoms with Gasteiger partial charge in [-0.15, -0.1) is 0 Å². The first-order valence-electron chi connectivity index (χ1n) is 7.51. The number of furan rings is 1. The predicted molar refractivity (Wildman–Crippen MR) is 96.3 cm³/mol. The Morgan fingerprint density at radius 1 is 1.04 bits per heavy atom. The number of phenolic OH excluding ortho intramolecular Hbond substituents is 1. The number of nitrogens with zero attached hydrogens (tertiary/aromatic N) is 1. The molecule has 0 saturated carbocycles. The number of aromatic hydroxyl groups is 1. The zero-order valence-electron chi connectivity index (χ0n) is 12.5. The van der Waals surface area contributed by atoms with Gasteiger partial charge in [-0.05, 0) is 58.8 Å². The molecular weight excluding hydrogens is 320 g/mol. The fourth-order valence-corrected chi connectivity index (χ4v) is 3.71. The van der Waals surface area contributed by atoms with Crippen LogP contribution in [0.5, 0.6) is 5.75 Å². The minimum Gasteiger partial charge on any atom is -0.508 e. The summed E-state index contributed by atoms with van der Waals surface area (Å²) in [5.74, 6) is 1.04. The molecule has 2 N–H and O–H groups in total. The first-order valence-corrected chi connectivity index (χ1v) is 8.45. The van der Waals surface area contributed by atoms with E-state index < -0.39 is 0 Å². The van der Waals surface area contributed by atoms with Gasteiger partial charge in [0.05, 0.1) is 11.7 Å². The molecule has 116 valence electrons. The van der Waals surface area contributed by atoms with E-state index in [-0.39, 0.29) is 5.75 Å². The highest BCUT2D eigenvalue weighted by atomic mass is 32.1. The van der Waals surface area contributed by atoms with Crippen molar-refractivity contribution in [2.45, 2.75) is 0 Å². The van der Waals surface area contributed by atoms with Gasteiger partial charge in [0, 0.05) is 21.9 Å². The largest absolute Gasteiger partial charge is 0.508 e. The fourth-order valence-electron chi connectivity index (χ4n) is 3.07. The molecule has 0 aliphatic rings. The molecule has 0 aliphatic carbocycles. The number of H-pyrrole nitrogens is 1. The minimum absolute atomic E-state index is 0.233. The van der Waals surface area contributed by atoms with E-state index in [4.69, 9.17) is 4.42 Å². The number of hydrogen-bond acceptors (Lipinski definition) is 4. The predicted octanol–water partition coefficient (Wildman–Crippen LogP) is 5.41. The second kappa shape index (κ2) is 4.97. The molecular formula is C19H12N2O2S. The molecule has 0 bridgehead atoms. The van der Waals surface area contributed by atoms with Crippen LogP contribution in [0.1, 0.15) is 0 Å². The van der Waals surface area contributed by atoms with Gasteiger partial charge < -0.3 is 9.52 Å². The second-order valence-electron chi connectivity index (χ2n) is 5.67. The van der Waals surface area contributed by atoms with Gasteiger partial charge in [0.25, 0.3) is 0 Å². The molecule has 5 aromatic rings. The molecule has 0 aliphatic heterocycles. The van der Waals surface area contributed by atoms with E-state index in [0.29, 0.717) is 0 Å². The first-order chi connectivity index (χ1) is 11.8. The SMILES string of the molecule is Oc1ccc2oc(-c3ccc4[nH]ncc4c3)c(-c3ccsc3)c2c1. The topological polar surface area (TPSA) is 62.1 Å². The van der Waals surface area contributed by atoms with Crippen molar-refractivity contribution < 1.29 is 9.52 Å². The summed E-state index contributed by atoms with van der Waals surface area (Å²) in [6.07, 6.45) is 1.80. The van der Waals surface area contributed by atoms with E-state index in [0.717, 1.165) is 44.3 Å². The highest BCUT2D eigenvalue weighted by Gasteiger charge is 2.18. The number of benzene rings is 2. The summed E-state index contributed by atoms with van der Waals surface area (Å²) in [5.41, 5.74) is 4.83. The monoisotopic (exact) mass is 332 g/mol. The third-order valence-corrected chi connectivity index (χ3v) is 4.87. The summed E-state index contributed by atoms with van der Waals surface area (Å²) in [5, 5.41) is 23.0. The Kier molecular flexibility index (Phi) is 2.78. The molecule has 0 radical (unpaired) electrons. The lowest BCUT2D eigenvalue weighted by molar-refractivity contribution is 0.476. The number of nitrogens with one attached hydrogen (secondary N) is 1. The fraction of sp³-hybridized carbons (Fsp3) is 0. The Labute approximate surface area is 141 Å². The average molecular weight is 332 g/mol. The van der Waals surface area contributed by atoms with Crippen LogP contribution in [-0.2, 0) is 0 Å². The molecule has 3 aromatic heterocycles. The van der Waals surface area contributed by atoms with E-state index in [2.05, 4.69) is 27.7 Å². The maximum absolute atomic E-state index is 9.89. The highest BCUT2D eigenvalue weighted by Crippen LogP contribution is 2.42. The van der Waals surface area contributed by atoms with Gasteiger partial charge in [-0.25, -0.2) is 0 Å². The quantitative estimate of drug-likeness (QED) is 0.454. The zero-order valence-corrected chi connectivity index (χ0v) is 13.3. The summed E-state index contributed by atoms with van der Waals surface area (Å²) in [7, 11) is 0. The number of rotatable bonds is 2. The highest BCUT2D eigenvalue weighted by molar-refractivity contribution is 7.08. The van der Waals surface area contributed by atoms with Crippen LogP contribution in [-0.4, -0.2) is 15.3 Å². The molecule has 5 heteroatoms. The Hall–Kier alpha value is -3.05. The molecule has 0 unspecified atom stereocenters. The summed E-state index contributed by atoms with van der Waals surface area (Å²) in [6.45, 7) is 0. The Morgan fingerprint density at radius 2 is 2.00 bits per heavy atom. The molecule has 24 heavy (non-hydrogen) atoms. The van der Waals surface area contributed by atoms with Gasteiger partial charge >= 0.3 is 0 Å². The smallest absolute Gasteiger partial charge is 0.143 e. The Bertz CT molecular complexity index is 1170. The van der Waals surface area contributed by atoms with Gasteiger partial charge in [0.1, 0.15) is 17.1 Å². The zero-order chi connectivity index (χ0) is 16.1. The number of hydrogen-bond donors (Lipinski definition) is 2. The molecule has 4 nitrogen and oxygen atoms in total. The summed E-state index contributed by atoms with van der Waals surface area (Å²) in [4.78, 5) is 0. The van der Waals surface area contributed by atoms with Gasteiger partial charge in [0.15, 0.2) is 0 Å². The van der Waals surface area contributed by atoms with Gasteiger partial charge in [-0.1, -0.05) is 0 Å². The summed E-state index contributed by atoms with van der Waals surface area (Å²) < 4.78 is 6.15. The Balaban J connectivity index is 1.85. The van der Waals surface area contributed by atoms with Crippen LogP contribution in [0.4, 0.5) is 0 Å². The van der Waals surface area contributed by atoms with Crippen LogP contribution >= 0.6 is 11.3 Å². The van der Waals surface area contributed by atoms with Crippen molar-refractivity contribution in [2.24, 2.45) is 0 Å². The van der Waals surface area contributed by atoms with Crippen molar-refractivity contribution in [1.82, 2.24) is 10.2 Å². The number of aromatic amines is 1. The molecule has 0 fully saturated rings. The van der Waals surface area contributed by atoms with E-state index >= 15 is 0 Å². The second-order valence-corrected chi connectivity index (χ2v) is 6.45. The van der Waals surface area contributed by atoms with E-state index in [1.165, 1.54) is 0 Å². The molecule has 2 aromatic carbocycles. The van der Waals surface area contributed by atoms with E-state index in [9.17, 15) is 5.11 Å².